The molecule has 1 aliphatic carbocycles. The smallest absolute Gasteiger partial charge is 0.220 e. The molecule has 1 atom stereocenters. The predicted molar refractivity (Wildman–Crippen MR) is 94.2 cm³/mol. The fraction of sp³-hybridized carbons (Fsp3) is 0.650. The van der Waals surface area contributed by atoms with Crippen LogP contribution < -0.4 is 10.1 Å². The molecule has 1 N–H and O–H groups in total. The third-order valence-electron chi connectivity index (χ3n) is 5.99. The van der Waals surface area contributed by atoms with Crippen LogP contribution >= 0.6 is 0 Å². The third kappa shape index (κ3) is 3.30. The topological polar surface area (TPSA) is 41.6 Å². The van der Waals surface area contributed by atoms with Crippen molar-refractivity contribution < 1.29 is 9.53 Å². The molecule has 1 spiro atoms. The minimum absolute atomic E-state index is 0.0763. The number of benzene rings is 1. The van der Waals surface area contributed by atoms with Crippen LogP contribution in [-0.4, -0.2) is 43.1 Å². The van der Waals surface area contributed by atoms with Gasteiger partial charge in [0.05, 0.1) is 0 Å². The standard InChI is InChI=1S/C20H28N2O2/c1-21-19(23)12-16-13-20(24-18-5-3-2-4-17(16)18)8-10-22(11-9-20)14-15-6-7-15/h2-5,15-16H,6-14H2,1H3,(H,21,23). The first-order chi connectivity index (χ1) is 11.7. The molecule has 4 rings (SSSR count). The summed E-state index contributed by atoms with van der Waals surface area (Å²) in [5.74, 6) is 2.34. The van der Waals surface area contributed by atoms with Crippen LogP contribution in [0.3, 0.4) is 0 Å². The molecule has 1 aromatic carbocycles. The molecular weight excluding hydrogens is 300 g/mol. The number of piperidine rings is 1. The van der Waals surface area contributed by atoms with E-state index in [-0.39, 0.29) is 17.4 Å². The van der Waals surface area contributed by atoms with Crippen LogP contribution in [0.15, 0.2) is 24.3 Å². The van der Waals surface area contributed by atoms with Crippen LogP contribution in [0.4, 0.5) is 0 Å². The number of nitrogens with one attached hydrogen (secondary N) is 1. The van der Waals surface area contributed by atoms with Crippen molar-refractivity contribution in [1.29, 1.82) is 0 Å². The zero-order valence-corrected chi connectivity index (χ0v) is 14.6. The molecule has 1 aromatic rings. The average molecular weight is 328 g/mol. The molecule has 130 valence electrons. The van der Waals surface area contributed by atoms with E-state index in [1.54, 1.807) is 7.05 Å². The summed E-state index contributed by atoms with van der Waals surface area (Å²) < 4.78 is 6.52. The van der Waals surface area contributed by atoms with Gasteiger partial charge in [-0.3, -0.25) is 4.79 Å². The second-order valence-electron chi connectivity index (χ2n) is 7.85. The number of ether oxygens (including phenoxy) is 1. The summed E-state index contributed by atoms with van der Waals surface area (Å²) in [5, 5.41) is 2.78. The summed E-state index contributed by atoms with van der Waals surface area (Å²) in [6.07, 6.45) is 6.52. The summed E-state index contributed by atoms with van der Waals surface area (Å²) in [7, 11) is 1.72. The summed E-state index contributed by atoms with van der Waals surface area (Å²) in [5.41, 5.74) is 1.12. The second-order valence-corrected chi connectivity index (χ2v) is 7.85. The van der Waals surface area contributed by atoms with Gasteiger partial charge in [-0.1, -0.05) is 18.2 Å². The van der Waals surface area contributed by atoms with E-state index in [1.807, 2.05) is 6.07 Å². The van der Waals surface area contributed by atoms with E-state index >= 15 is 0 Å². The van der Waals surface area contributed by atoms with E-state index < -0.39 is 0 Å². The highest BCUT2D eigenvalue weighted by atomic mass is 16.5. The van der Waals surface area contributed by atoms with Crippen LogP contribution in [0.1, 0.15) is 50.0 Å². The van der Waals surface area contributed by atoms with E-state index in [0.29, 0.717) is 6.42 Å². The van der Waals surface area contributed by atoms with Crippen LogP contribution in [-0.2, 0) is 4.79 Å². The van der Waals surface area contributed by atoms with Crippen molar-refractivity contribution in [2.24, 2.45) is 5.92 Å². The molecule has 4 nitrogen and oxygen atoms in total. The lowest BCUT2D eigenvalue weighted by Crippen LogP contribution is -2.51. The Hall–Kier alpha value is -1.55. The zero-order chi connectivity index (χ0) is 16.6. The Morgan fingerprint density at radius 1 is 1.29 bits per heavy atom. The van der Waals surface area contributed by atoms with Gasteiger partial charge in [0, 0.05) is 39.0 Å². The first-order valence-electron chi connectivity index (χ1n) is 9.38. The fourth-order valence-corrected chi connectivity index (χ4v) is 4.37. The van der Waals surface area contributed by atoms with Crippen molar-refractivity contribution in [3.63, 3.8) is 0 Å². The Labute approximate surface area is 144 Å². The zero-order valence-electron chi connectivity index (χ0n) is 14.6. The highest BCUT2D eigenvalue weighted by Gasteiger charge is 2.44. The number of likely N-dealkylation sites (tertiary alicyclic amines) is 1. The van der Waals surface area contributed by atoms with E-state index in [2.05, 4.69) is 28.4 Å². The lowest BCUT2D eigenvalue weighted by Gasteiger charge is -2.47. The summed E-state index contributed by atoms with van der Waals surface area (Å²) >= 11 is 0. The molecule has 24 heavy (non-hydrogen) atoms. The monoisotopic (exact) mass is 328 g/mol. The van der Waals surface area contributed by atoms with Gasteiger partial charge >= 0.3 is 0 Å². The van der Waals surface area contributed by atoms with Crippen LogP contribution in [0.2, 0.25) is 0 Å². The summed E-state index contributed by atoms with van der Waals surface area (Å²) in [6.45, 7) is 3.53. The van der Waals surface area contributed by atoms with Crippen molar-refractivity contribution in [3.05, 3.63) is 29.8 Å². The maximum Gasteiger partial charge on any atom is 0.220 e. The Kier molecular flexibility index (Phi) is 4.25. The number of hydrogen-bond donors (Lipinski definition) is 1. The van der Waals surface area contributed by atoms with Crippen molar-refractivity contribution in [2.75, 3.05) is 26.7 Å². The SMILES string of the molecule is CNC(=O)CC1CC2(CCN(CC3CC3)CC2)Oc2ccccc21. The number of fused-ring (bicyclic) bond motifs is 1. The summed E-state index contributed by atoms with van der Waals surface area (Å²) in [6, 6.07) is 8.29. The lowest BCUT2D eigenvalue weighted by atomic mass is 9.76. The number of carbonyl (C=O) groups excluding carboxylic acids is 1. The molecule has 1 unspecified atom stereocenters. The number of carbonyl (C=O) groups is 1. The Balaban J connectivity index is 1.49. The predicted octanol–water partition coefficient (Wildman–Crippen LogP) is 2.93. The minimum Gasteiger partial charge on any atom is -0.487 e. The molecule has 3 aliphatic rings. The van der Waals surface area contributed by atoms with Crippen LogP contribution in [0.5, 0.6) is 5.75 Å². The normalized spacial score (nSPS) is 25.8. The van der Waals surface area contributed by atoms with Gasteiger partial charge in [0.1, 0.15) is 11.4 Å². The van der Waals surface area contributed by atoms with E-state index in [4.69, 9.17) is 4.74 Å². The average Bonchev–Trinajstić information content (AvgIpc) is 3.41. The molecule has 1 amide bonds. The van der Waals surface area contributed by atoms with Crippen LogP contribution in [0.25, 0.3) is 0 Å². The molecule has 0 aromatic heterocycles. The van der Waals surface area contributed by atoms with E-state index in [1.165, 1.54) is 24.9 Å². The number of nitrogens with zero attached hydrogens (tertiary/aromatic N) is 1. The fourth-order valence-electron chi connectivity index (χ4n) is 4.37. The Morgan fingerprint density at radius 2 is 2.04 bits per heavy atom. The molecule has 0 bridgehead atoms. The van der Waals surface area contributed by atoms with Gasteiger partial charge in [-0.2, -0.15) is 0 Å². The number of rotatable bonds is 4. The van der Waals surface area contributed by atoms with Gasteiger partial charge in [-0.25, -0.2) is 0 Å². The Bertz CT molecular complexity index is 603. The second kappa shape index (κ2) is 6.40. The molecule has 2 aliphatic heterocycles. The third-order valence-corrected chi connectivity index (χ3v) is 5.99. The maximum atomic E-state index is 12.0. The molecule has 4 heteroatoms. The quantitative estimate of drug-likeness (QED) is 0.924. The van der Waals surface area contributed by atoms with Gasteiger partial charge in [-0.05, 0) is 49.7 Å². The number of hydrogen-bond acceptors (Lipinski definition) is 3. The van der Waals surface area contributed by atoms with E-state index in [0.717, 1.165) is 44.0 Å². The molecule has 0 radical (unpaired) electrons. The summed E-state index contributed by atoms with van der Waals surface area (Å²) in [4.78, 5) is 14.6. The van der Waals surface area contributed by atoms with Gasteiger partial charge < -0.3 is 15.0 Å². The number of amides is 1. The minimum atomic E-state index is -0.0763. The van der Waals surface area contributed by atoms with Crippen molar-refractivity contribution >= 4 is 5.91 Å². The van der Waals surface area contributed by atoms with Gasteiger partial charge in [0.15, 0.2) is 0 Å². The molecular formula is C20H28N2O2. The molecule has 2 heterocycles. The van der Waals surface area contributed by atoms with Gasteiger partial charge in [0.2, 0.25) is 5.91 Å². The Morgan fingerprint density at radius 3 is 2.75 bits per heavy atom. The highest BCUT2D eigenvalue weighted by molar-refractivity contribution is 5.76. The largest absolute Gasteiger partial charge is 0.487 e. The van der Waals surface area contributed by atoms with Gasteiger partial charge in [-0.15, -0.1) is 0 Å². The molecule has 1 saturated heterocycles. The number of para-hydroxylation sites is 1. The van der Waals surface area contributed by atoms with Crippen molar-refractivity contribution in [2.45, 2.75) is 50.0 Å². The molecule has 2 fully saturated rings. The molecule has 1 saturated carbocycles. The van der Waals surface area contributed by atoms with Gasteiger partial charge in [0.25, 0.3) is 0 Å². The first-order valence-corrected chi connectivity index (χ1v) is 9.38. The van der Waals surface area contributed by atoms with Crippen LogP contribution in [0, 0.1) is 5.92 Å². The van der Waals surface area contributed by atoms with E-state index in [9.17, 15) is 4.79 Å². The maximum absolute atomic E-state index is 12.0. The first kappa shape index (κ1) is 15.9. The highest BCUT2D eigenvalue weighted by Crippen LogP contribution is 2.46. The van der Waals surface area contributed by atoms with Crippen molar-refractivity contribution in [3.8, 4) is 5.75 Å². The van der Waals surface area contributed by atoms with Crippen molar-refractivity contribution in [1.82, 2.24) is 10.2 Å². The lowest BCUT2D eigenvalue weighted by molar-refractivity contribution is -0.121.